The minimum Gasteiger partial charge on any atom is -0.493 e. The van der Waals surface area contributed by atoms with Gasteiger partial charge in [-0.2, -0.15) is 0 Å². The highest BCUT2D eigenvalue weighted by atomic mass is 16.5. The molecule has 0 radical (unpaired) electrons. The molecule has 0 saturated heterocycles. The van der Waals surface area contributed by atoms with E-state index in [4.69, 9.17) is 11.3 Å². The molecule has 1 unspecified atom stereocenters. The van der Waals surface area contributed by atoms with Crippen LogP contribution in [0.15, 0.2) is 12.1 Å². The molecule has 1 rings (SSSR count). The summed E-state index contributed by atoms with van der Waals surface area (Å²) in [5, 5.41) is 0. The van der Waals surface area contributed by atoms with E-state index < -0.39 is 0 Å². The van der Waals surface area contributed by atoms with E-state index in [0.29, 0.717) is 6.61 Å². The Morgan fingerprint density at radius 3 is 1.76 bits per heavy atom. The predicted octanol–water partition coefficient (Wildman–Crippen LogP) is 5.66. The van der Waals surface area contributed by atoms with Gasteiger partial charge in [-0.05, 0) is 29.9 Å². The summed E-state index contributed by atoms with van der Waals surface area (Å²) in [5.41, 5.74) is 3.46. The lowest BCUT2D eigenvalue weighted by molar-refractivity contribution is 0.319. The van der Waals surface area contributed by atoms with Gasteiger partial charge in [0.05, 0.1) is 6.61 Å². The van der Waals surface area contributed by atoms with Gasteiger partial charge in [0.2, 0.25) is 6.04 Å². The summed E-state index contributed by atoms with van der Waals surface area (Å²) in [6.45, 7) is 25.2. The van der Waals surface area contributed by atoms with Crippen molar-refractivity contribution in [3.63, 3.8) is 0 Å². The van der Waals surface area contributed by atoms with E-state index in [1.54, 1.807) is 0 Å². The Labute approximate surface area is 130 Å². The van der Waals surface area contributed by atoms with Gasteiger partial charge in [0.25, 0.3) is 0 Å². The molecule has 0 aromatic heterocycles. The zero-order valence-corrected chi connectivity index (χ0v) is 14.8. The van der Waals surface area contributed by atoms with Crippen molar-refractivity contribution in [3.05, 3.63) is 40.2 Å². The average Bonchev–Trinajstić information content (AvgIpc) is 2.35. The fourth-order valence-electron chi connectivity index (χ4n) is 2.38. The third-order valence-corrected chi connectivity index (χ3v) is 3.69. The van der Waals surface area contributed by atoms with Gasteiger partial charge in [-0.3, -0.25) is 0 Å². The lowest BCUT2D eigenvalue weighted by atomic mass is 9.77. The van der Waals surface area contributed by atoms with Crippen LogP contribution in [0.5, 0.6) is 5.75 Å². The van der Waals surface area contributed by atoms with Crippen LogP contribution in [0.2, 0.25) is 0 Å². The highest BCUT2D eigenvalue weighted by Gasteiger charge is 2.29. The quantitative estimate of drug-likeness (QED) is 0.654. The van der Waals surface area contributed by atoms with Crippen LogP contribution in [0, 0.1) is 6.57 Å². The summed E-state index contributed by atoms with van der Waals surface area (Å²) in [6, 6.07) is 4.19. The van der Waals surface area contributed by atoms with E-state index in [1.807, 2.05) is 13.8 Å². The molecule has 0 aliphatic carbocycles. The summed E-state index contributed by atoms with van der Waals surface area (Å²) < 4.78 is 6.01. The maximum atomic E-state index is 7.33. The Kier molecular flexibility index (Phi) is 5.10. The van der Waals surface area contributed by atoms with E-state index in [2.05, 4.69) is 58.5 Å². The van der Waals surface area contributed by atoms with Crippen molar-refractivity contribution < 1.29 is 4.74 Å². The molecule has 2 nitrogen and oxygen atoms in total. The molecule has 0 saturated carbocycles. The average molecular weight is 287 g/mol. The maximum Gasteiger partial charge on any atom is 0.246 e. The van der Waals surface area contributed by atoms with Gasteiger partial charge in [-0.25, -0.2) is 6.57 Å². The zero-order valence-electron chi connectivity index (χ0n) is 14.8. The Morgan fingerprint density at radius 1 is 1.05 bits per heavy atom. The van der Waals surface area contributed by atoms with Crippen LogP contribution in [0.4, 0.5) is 0 Å². The minimum absolute atomic E-state index is 0.0116. The number of nitrogens with zero attached hydrogens (tertiary/aromatic N) is 1. The normalized spacial score (nSPS) is 13.7. The highest BCUT2D eigenvalue weighted by Crippen LogP contribution is 2.42. The number of hydrogen-bond donors (Lipinski definition) is 0. The second kappa shape index (κ2) is 6.10. The van der Waals surface area contributed by atoms with E-state index >= 15 is 0 Å². The Bertz CT molecular complexity index is 503. The van der Waals surface area contributed by atoms with Crippen molar-refractivity contribution in [1.29, 1.82) is 0 Å². The lowest BCUT2D eigenvalue weighted by Crippen LogP contribution is -2.20. The predicted molar refractivity (Wildman–Crippen MR) is 90.0 cm³/mol. The third kappa shape index (κ3) is 4.00. The van der Waals surface area contributed by atoms with Crippen LogP contribution in [0.1, 0.15) is 78.1 Å². The second-order valence-electron chi connectivity index (χ2n) is 7.68. The van der Waals surface area contributed by atoms with Gasteiger partial charge in [0.15, 0.2) is 0 Å². The number of rotatable bonds is 3. The van der Waals surface area contributed by atoms with Crippen molar-refractivity contribution in [1.82, 2.24) is 0 Å². The first kappa shape index (κ1) is 17.6. The Morgan fingerprint density at radius 2 is 1.48 bits per heavy atom. The van der Waals surface area contributed by atoms with Gasteiger partial charge in [0, 0.05) is 23.6 Å². The Balaban J connectivity index is 3.71. The molecular weight excluding hydrogens is 258 g/mol. The van der Waals surface area contributed by atoms with Crippen LogP contribution in [-0.2, 0) is 10.8 Å². The van der Waals surface area contributed by atoms with E-state index in [-0.39, 0.29) is 16.9 Å². The maximum absolute atomic E-state index is 7.33. The fraction of sp³-hybridized carbons (Fsp3) is 0.632. The molecule has 0 heterocycles. The summed E-state index contributed by atoms with van der Waals surface area (Å²) in [6.07, 6.45) is 0. The first-order valence-electron chi connectivity index (χ1n) is 7.70. The highest BCUT2D eigenvalue weighted by molar-refractivity contribution is 5.51. The molecule has 21 heavy (non-hydrogen) atoms. The van der Waals surface area contributed by atoms with Crippen LogP contribution >= 0.6 is 0 Å². The fourth-order valence-corrected chi connectivity index (χ4v) is 2.38. The zero-order chi connectivity index (χ0) is 16.4. The largest absolute Gasteiger partial charge is 0.493 e. The van der Waals surface area contributed by atoms with Gasteiger partial charge >= 0.3 is 0 Å². The van der Waals surface area contributed by atoms with Crippen molar-refractivity contribution in [2.75, 3.05) is 6.61 Å². The monoisotopic (exact) mass is 287 g/mol. The summed E-state index contributed by atoms with van der Waals surface area (Å²) >= 11 is 0. The number of hydrogen-bond acceptors (Lipinski definition) is 1. The van der Waals surface area contributed by atoms with Crippen LogP contribution in [0.3, 0.4) is 0 Å². The van der Waals surface area contributed by atoms with Crippen molar-refractivity contribution >= 4 is 0 Å². The summed E-state index contributed by atoms with van der Waals surface area (Å²) in [5.74, 6) is 0.999. The molecule has 116 valence electrons. The lowest BCUT2D eigenvalue weighted by Gasteiger charge is -2.30. The topological polar surface area (TPSA) is 13.6 Å². The minimum atomic E-state index is -0.122. The smallest absolute Gasteiger partial charge is 0.246 e. The van der Waals surface area contributed by atoms with E-state index in [9.17, 15) is 0 Å². The SMILES string of the molecule is [C-]#[N+]C(C)c1cc(C(C)(C)C)c(OCC)c(C(C)(C)C)c1. The molecule has 0 fully saturated rings. The molecule has 1 aromatic rings. The molecular formula is C19H29NO. The second-order valence-corrected chi connectivity index (χ2v) is 7.68. The molecule has 0 aliphatic heterocycles. The molecule has 0 spiro atoms. The van der Waals surface area contributed by atoms with Crippen LogP contribution in [0.25, 0.3) is 4.85 Å². The first-order valence-corrected chi connectivity index (χ1v) is 7.70. The molecule has 2 heteroatoms. The molecule has 0 N–H and O–H groups in total. The first-order chi connectivity index (χ1) is 9.52. The molecule has 0 amide bonds. The number of benzene rings is 1. The van der Waals surface area contributed by atoms with Crippen molar-refractivity contribution in [2.24, 2.45) is 0 Å². The van der Waals surface area contributed by atoms with Gasteiger partial charge < -0.3 is 9.58 Å². The van der Waals surface area contributed by atoms with Crippen molar-refractivity contribution in [2.45, 2.75) is 72.3 Å². The summed E-state index contributed by atoms with van der Waals surface area (Å²) in [4.78, 5) is 3.69. The van der Waals surface area contributed by atoms with E-state index in [1.165, 1.54) is 11.1 Å². The van der Waals surface area contributed by atoms with Gasteiger partial charge in [-0.1, -0.05) is 41.5 Å². The molecule has 0 aliphatic rings. The van der Waals surface area contributed by atoms with Gasteiger partial charge in [-0.15, -0.1) is 0 Å². The molecule has 0 bridgehead atoms. The van der Waals surface area contributed by atoms with Crippen LogP contribution in [-0.4, -0.2) is 6.61 Å². The van der Waals surface area contributed by atoms with Gasteiger partial charge in [0.1, 0.15) is 5.75 Å². The van der Waals surface area contributed by atoms with Crippen LogP contribution < -0.4 is 4.74 Å². The summed E-state index contributed by atoms with van der Waals surface area (Å²) in [7, 11) is 0. The van der Waals surface area contributed by atoms with E-state index in [0.717, 1.165) is 11.3 Å². The standard InChI is InChI=1S/C19H29NO/c1-10-21-17-15(18(3,4)5)11-14(13(2)20-9)12-16(17)19(6,7)8/h11-13H,10H2,1-8H3. The third-order valence-electron chi connectivity index (χ3n) is 3.69. The molecule has 1 aromatic carbocycles. The van der Waals surface area contributed by atoms with Crippen molar-refractivity contribution in [3.8, 4) is 5.75 Å². The number of ether oxygens (including phenoxy) is 1. The molecule has 1 atom stereocenters. The Hall–Kier alpha value is -1.49.